The topological polar surface area (TPSA) is 80.7 Å². The molecule has 0 spiro atoms. The molecule has 0 bridgehead atoms. The molecule has 0 aliphatic carbocycles. The fourth-order valence-corrected chi connectivity index (χ4v) is 3.09. The van der Waals surface area contributed by atoms with Crippen molar-refractivity contribution in [2.45, 2.75) is 39.8 Å². The van der Waals surface area contributed by atoms with Crippen LogP contribution < -0.4 is 20.1 Å². The van der Waals surface area contributed by atoms with E-state index in [1.807, 2.05) is 26.0 Å². The number of guanidine groups is 1. The molecule has 3 rings (SSSR count). The van der Waals surface area contributed by atoms with Gasteiger partial charge in [-0.25, -0.2) is 15.0 Å². The molecule has 0 saturated heterocycles. The highest BCUT2D eigenvalue weighted by atomic mass is 16.5. The molecule has 1 aliphatic rings. The van der Waals surface area contributed by atoms with Gasteiger partial charge in [0.05, 0.1) is 19.8 Å². The summed E-state index contributed by atoms with van der Waals surface area (Å²) in [7, 11) is 3.25. The van der Waals surface area contributed by atoms with Crippen molar-refractivity contribution in [1.29, 1.82) is 0 Å². The standard InChI is InChI=1S/C19H25N5O2/c1-11-9-19(3,4)24-18(21-11)20-10-16-22-12(2)14-7-13(25-5)8-15(26-6)17(14)23-16/h7-9H,10H2,1-6H3,(H2,20,21,24). The molecule has 26 heavy (non-hydrogen) atoms. The van der Waals surface area contributed by atoms with Crippen molar-refractivity contribution in [3.05, 3.63) is 35.4 Å². The van der Waals surface area contributed by atoms with Crippen LogP contribution in [0.15, 0.2) is 28.9 Å². The highest BCUT2D eigenvalue weighted by Crippen LogP contribution is 2.31. The second-order valence-corrected chi connectivity index (χ2v) is 6.91. The predicted octanol–water partition coefficient (Wildman–Crippen LogP) is 2.69. The fraction of sp³-hybridized carbons (Fsp3) is 0.421. The van der Waals surface area contributed by atoms with E-state index in [-0.39, 0.29) is 5.54 Å². The van der Waals surface area contributed by atoms with E-state index in [2.05, 4.69) is 45.5 Å². The van der Waals surface area contributed by atoms with Crippen LogP contribution in [-0.2, 0) is 6.54 Å². The summed E-state index contributed by atoms with van der Waals surface area (Å²) in [5.74, 6) is 2.74. The average molecular weight is 355 g/mol. The summed E-state index contributed by atoms with van der Waals surface area (Å²) in [5.41, 5.74) is 2.55. The third kappa shape index (κ3) is 3.71. The van der Waals surface area contributed by atoms with Crippen LogP contribution in [0.25, 0.3) is 10.9 Å². The lowest BCUT2D eigenvalue weighted by Gasteiger charge is -2.31. The second-order valence-electron chi connectivity index (χ2n) is 6.91. The molecule has 0 fully saturated rings. The monoisotopic (exact) mass is 355 g/mol. The van der Waals surface area contributed by atoms with Gasteiger partial charge in [-0.15, -0.1) is 0 Å². The largest absolute Gasteiger partial charge is 0.497 e. The Hall–Kier alpha value is -2.83. The summed E-state index contributed by atoms with van der Waals surface area (Å²) in [4.78, 5) is 13.8. The lowest BCUT2D eigenvalue weighted by Crippen LogP contribution is -2.52. The van der Waals surface area contributed by atoms with E-state index in [0.717, 1.165) is 28.3 Å². The fourth-order valence-electron chi connectivity index (χ4n) is 3.09. The summed E-state index contributed by atoms with van der Waals surface area (Å²) >= 11 is 0. The molecule has 1 aromatic heterocycles. The van der Waals surface area contributed by atoms with Gasteiger partial charge < -0.3 is 20.1 Å². The van der Waals surface area contributed by atoms with E-state index in [9.17, 15) is 0 Å². The average Bonchev–Trinajstić information content (AvgIpc) is 2.57. The maximum absolute atomic E-state index is 5.48. The van der Waals surface area contributed by atoms with Crippen LogP contribution >= 0.6 is 0 Å². The van der Waals surface area contributed by atoms with Crippen LogP contribution in [0.1, 0.15) is 32.3 Å². The van der Waals surface area contributed by atoms with Gasteiger partial charge in [-0.3, -0.25) is 0 Å². The molecule has 1 aliphatic heterocycles. The van der Waals surface area contributed by atoms with Crippen LogP contribution in [0.5, 0.6) is 11.5 Å². The van der Waals surface area contributed by atoms with Crippen LogP contribution in [0.3, 0.4) is 0 Å². The molecule has 0 amide bonds. The smallest absolute Gasteiger partial charge is 0.196 e. The van der Waals surface area contributed by atoms with Crippen LogP contribution in [0.2, 0.25) is 0 Å². The number of fused-ring (bicyclic) bond motifs is 1. The quantitative estimate of drug-likeness (QED) is 0.878. The normalized spacial score (nSPS) is 17.5. The Labute approximate surface area is 153 Å². The van der Waals surface area contributed by atoms with Crippen molar-refractivity contribution in [2.75, 3.05) is 14.2 Å². The van der Waals surface area contributed by atoms with Gasteiger partial charge in [0.1, 0.15) is 23.6 Å². The molecule has 7 nitrogen and oxygen atoms in total. The zero-order valence-electron chi connectivity index (χ0n) is 16.1. The molecule has 0 radical (unpaired) electrons. The number of hydrogen-bond acceptors (Lipinski definition) is 5. The molecule has 2 aromatic rings. The van der Waals surface area contributed by atoms with Gasteiger partial charge in [-0.1, -0.05) is 0 Å². The minimum atomic E-state index is -0.145. The molecule has 1 aromatic carbocycles. The maximum atomic E-state index is 5.48. The lowest BCUT2D eigenvalue weighted by molar-refractivity contribution is 0.397. The number of benzene rings is 1. The minimum absolute atomic E-state index is 0.145. The highest BCUT2D eigenvalue weighted by Gasteiger charge is 2.21. The van der Waals surface area contributed by atoms with Gasteiger partial charge in [-0.2, -0.15) is 0 Å². The first-order valence-corrected chi connectivity index (χ1v) is 8.49. The molecule has 0 atom stereocenters. The minimum Gasteiger partial charge on any atom is -0.497 e. The van der Waals surface area contributed by atoms with E-state index >= 15 is 0 Å². The summed E-state index contributed by atoms with van der Waals surface area (Å²) < 4.78 is 10.8. The number of nitrogens with zero attached hydrogens (tertiary/aromatic N) is 3. The van der Waals surface area contributed by atoms with Gasteiger partial charge in [0.2, 0.25) is 0 Å². The van der Waals surface area contributed by atoms with Crippen molar-refractivity contribution in [1.82, 2.24) is 20.6 Å². The number of allylic oxidation sites excluding steroid dienone is 1. The summed E-state index contributed by atoms with van der Waals surface area (Å²) in [6, 6.07) is 3.75. The van der Waals surface area contributed by atoms with Crippen molar-refractivity contribution < 1.29 is 9.47 Å². The zero-order chi connectivity index (χ0) is 18.9. The molecule has 0 saturated carbocycles. The number of rotatable bonds is 4. The van der Waals surface area contributed by atoms with Crippen molar-refractivity contribution in [2.24, 2.45) is 4.99 Å². The molecular formula is C19H25N5O2. The number of nitrogens with one attached hydrogen (secondary N) is 2. The first-order valence-electron chi connectivity index (χ1n) is 8.49. The summed E-state index contributed by atoms with van der Waals surface area (Å²) in [6.45, 7) is 8.54. The first kappa shape index (κ1) is 18.0. The van der Waals surface area contributed by atoms with E-state index in [1.54, 1.807) is 14.2 Å². The Balaban J connectivity index is 1.94. The molecule has 7 heteroatoms. The number of methoxy groups -OCH3 is 2. The van der Waals surface area contributed by atoms with Crippen molar-refractivity contribution in [3.63, 3.8) is 0 Å². The van der Waals surface area contributed by atoms with Crippen LogP contribution in [-0.4, -0.2) is 35.7 Å². The maximum Gasteiger partial charge on any atom is 0.196 e. The number of aromatic nitrogens is 2. The van der Waals surface area contributed by atoms with Crippen LogP contribution in [0, 0.1) is 6.92 Å². The van der Waals surface area contributed by atoms with Gasteiger partial charge in [0, 0.05) is 22.8 Å². The number of ether oxygens (including phenoxy) is 2. The summed E-state index contributed by atoms with van der Waals surface area (Å²) in [5, 5.41) is 7.49. The van der Waals surface area contributed by atoms with Crippen molar-refractivity contribution >= 4 is 16.9 Å². The van der Waals surface area contributed by atoms with Gasteiger partial charge in [-0.05, 0) is 39.8 Å². The van der Waals surface area contributed by atoms with E-state index in [1.165, 1.54) is 0 Å². The van der Waals surface area contributed by atoms with E-state index < -0.39 is 0 Å². The Morgan fingerprint density at radius 1 is 1.12 bits per heavy atom. The zero-order valence-corrected chi connectivity index (χ0v) is 16.1. The van der Waals surface area contributed by atoms with Gasteiger partial charge >= 0.3 is 0 Å². The van der Waals surface area contributed by atoms with Gasteiger partial charge in [0.15, 0.2) is 11.8 Å². The highest BCUT2D eigenvalue weighted by molar-refractivity contribution is 5.88. The number of aliphatic imine (C=N–C) groups is 1. The molecule has 2 heterocycles. The summed E-state index contributed by atoms with van der Waals surface area (Å²) in [6.07, 6.45) is 2.13. The van der Waals surface area contributed by atoms with Crippen LogP contribution in [0.4, 0.5) is 0 Å². The Kier molecular flexibility index (Phi) is 4.71. The molecule has 2 N–H and O–H groups in total. The Morgan fingerprint density at radius 2 is 1.88 bits per heavy atom. The Bertz CT molecular complexity index is 902. The first-order chi connectivity index (χ1) is 12.3. The third-order valence-electron chi connectivity index (χ3n) is 4.14. The third-order valence-corrected chi connectivity index (χ3v) is 4.14. The van der Waals surface area contributed by atoms with Gasteiger partial charge in [0.25, 0.3) is 0 Å². The van der Waals surface area contributed by atoms with E-state index in [0.29, 0.717) is 23.9 Å². The number of hydrogen-bond donors (Lipinski definition) is 2. The SMILES string of the molecule is COc1cc(OC)c2nc(CN=C3NC(C)=CC(C)(C)N3)nc(C)c2c1. The molecule has 138 valence electrons. The lowest BCUT2D eigenvalue weighted by atomic mass is 10.0. The second kappa shape index (κ2) is 6.82. The molecular weight excluding hydrogens is 330 g/mol. The van der Waals surface area contributed by atoms with Crippen molar-refractivity contribution in [3.8, 4) is 11.5 Å². The Morgan fingerprint density at radius 3 is 2.54 bits per heavy atom. The predicted molar refractivity (Wildman–Crippen MR) is 103 cm³/mol. The number of aryl methyl sites for hydroxylation is 1. The molecule has 0 unspecified atom stereocenters. The van der Waals surface area contributed by atoms with E-state index in [4.69, 9.17) is 9.47 Å².